The van der Waals surface area contributed by atoms with Crippen LogP contribution in [0.5, 0.6) is 0 Å². The number of pyridine rings is 1. The Hall–Kier alpha value is -1.37. The summed E-state index contributed by atoms with van der Waals surface area (Å²) in [5.41, 5.74) is 2.68. The highest BCUT2D eigenvalue weighted by Crippen LogP contribution is 2.40. The van der Waals surface area contributed by atoms with Crippen molar-refractivity contribution >= 4 is 41.8 Å². The quantitative estimate of drug-likeness (QED) is 0.831. The average Bonchev–Trinajstić information content (AvgIpc) is 3.39. The second-order valence-corrected chi connectivity index (χ2v) is 7.67. The maximum Gasteiger partial charge on any atom is 0.254 e. The average molecular weight is 414 g/mol. The fourth-order valence-corrected chi connectivity index (χ4v) is 3.75. The highest BCUT2D eigenvalue weighted by molar-refractivity contribution is 6.05. The van der Waals surface area contributed by atoms with Gasteiger partial charge < -0.3 is 10.2 Å². The third kappa shape index (κ3) is 4.23. The minimum Gasteiger partial charge on any atom is -0.337 e. The fourth-order valence-electron chi connectivity index (χ4n) is 3.75. The van der Waals surface area contributed by atoms with Crippen LogP contribution >= 0.6 is 24.8 Å². The molecule has 6 nitrogen and oxygen atoms in total. The van der Waals surface area contributed by atoms with E-state index in [1.807, 2.05) is 28.9 Å². The van der Waals surface area contributed by atoms with Gasteiger partial charge in [-0.3, -0.25) is 4.79 Å². The number of likely N-dealkylation sites (tertiary alicyclic amines) is 1. The summed E-state index contributed by atoms with van der Waals surface area (Å²) in [7, 11) is 1.97. The molecule has 0 aromatic carbocycles. The number of amides is 1. The Morgan fingerprint density at radius 3 is 2.63 bits per heavy atom. The molecular weight excluding hydrogens is 385 g/mol. The zero-order chi connectivity index (χ0) is 17.6. The second kappa shape index (κ2) is 8.76. The molecule has 1 saturated carbocycles. The summed E-state index contributed by atoms with van der Waals surface area (Å²) in [6.07, 6.45) is 6.34. The lowest BCUT2D eigenvalue weighted by Gasteiger charge is -2.32. The Balaban J connectivity index is 0.00000131. The fraction of sp³-hybridized carbons (Fsp3) is 0.632. The molecule has 1 aliphatic heterocycles. The predicted molar refractivity (Wildman–Crippen MR) is 112 cm³/mol. The third-order valence-electron chi connectivity index (χ3n) is 5.42. The van der Waals surface area contributed by atoms with E-state index in [4.69, 9.17) is 4.98 Å². The van der Waals surface area contributed by atoms with Crippen molar-refractivity contribution in [3.05, 3.63) is 23.5 Å². The summed E-state index contributed by atoms with van der Waals surface area (Å²) in [6, 6.07) is 2.64. The van der Waals surface area contributed by atoms with Gasteiger partial charge in [0, 0.05) is 36.8 Å². The lowest BCUT2D eigenvalue weighted by molar-refractivity contribution is 0.0700. The van der Waals surface area contributed by atoms with Gasteiger partial charge in [-0.15, -0.1) is 24.8 Å². The van der Waals surface area contributed by atoms with Crippen molar-refractivity contribution < 1.29 is 4.79 Å². The highest BCUT2D eigenvalue weighted by atomic mass is 35.5. The third-order valence-corrected chi connectivity index (χ3v) is 5.42. The number of aromatic nitrogens is 3. The molecule has 2 aromatic rings. The second-order valence-electron chi connectivity index (χ2n) is 7.67. The molecule has 150 valence electrons. The van der Waals surface area contributed by atoms with E-state index in [9.17, 15) is 4.79 Å². The van der Waals surface area contributed by atoms with E-state index in [2.05, 4.69) is 24.3 Å². The molecule has 4 rings (SSSR count). The van der Waals surface area contributed by atoms with Crippen LogP contribution < -0.4 is 5.32 Å². The van der Waals surface area contributed by atoms with E-state index in [0.717, 1.165) is 48.2 Å². The smallest absolute Gasteiger partial charge is 0.254 e. The van der Waals surface area contributed by atoms with Gasteiger partial charge in [0.25, 0.3) is 5.91 Å². The maximum absolute atomic E-state index is 13.3. The van der Waals surface area contributed by atoms with E-state index < -0.39 is 0 Å². The van der Waals surface area contributed by atoms with Crippen LogP contribution in [0.1, 0.15) is 67.5 Å². The number of piperidine rings is 1. The van der Waals surface area contributed by atoms with Crippen molar-refractivity contribution in [2.45, 2.75) is 57.5 Å². The Kier molecular flexibility index (Phi) is 7.11. The van der Waals surface area contributed by atoms with Crippen LogP contribution in [0, 0.1) is 0 Å². The number of rotatable bonds is 4. The summed E-state index contributed by atoms with van der Waals surface area (Å²) in [6.45, 7) is 5.80. The van der Waals surface area contributed by atoms with E-state index in [0.29, 0.717) is 12.0 Å². The molecule has 1 N–H and O–H groups in total. The molecule has 1 unspecified atom stereocenters. The Morgan fingerprint density at radius 2 is 2.00 bits per heavy atom. The number of nitrogens with zero attached hydrogens (tertiary/aromatic N) is 4. The predicted octanol–water partition coefficient (Wildman–Crippen LogP) is 3.56. The molecule has 1 atom stereocenters. The first-order valence-corrected chi connectivity index (χ1v) is 9.43. The molecule has 0 bridgehead atoms. The molecule has 2 aliphatic rings. The molecule has 2 aromatic heterocycles. The topological polar surface area (TPSA) is 63.1 Å². The van der Waals surface area contributed by atoms with Crippen LogP contribution in [0.15, 0.2) is 12.3 Å². The molecule has 3 heterocycles. The maximum atomic E-state index is 13.3. The molecule has 1 saturated heterocycles. The zero-order valence-corrected chi connectivity index (χ0v) is 17.8. The number of hydrogen-bond donors (Lipinski definition) is 1. The number of nitrogens with one attached hydrogen (secondary N) is 1. The van der Waals surface area contributed by atoms with Gasteiger partial charge in [0.05, 0.1) is 17.1 Å². The largest absolute Gasteiger partial charge is 0.337 e. The van der Waals surface area contributed by atoms with Gasteiger partial charge in [-0.2, -0.15) is 5.10 Å². The first-order valence-electron chi connectivity index (χ1n) is 9.43. The number of hydrogen-bond acceptors (Lipinski definition) is 4. The van der Waals surface area contributed by atoms with Gasteiger partial charge in [0.1, 0.15) is 0 Å². The van der Waals surface area contributed by atoms with Gasteiger partial charge in [-0.05, 0) is 52.6 Å². The van der Waals surface area contributed by atoms with Crippen molar-refractivity contribution in [3.8, 4) is 0 Å². The SMILES string of the molecule is CNC1CCCN(C(=O)c2cc(C3CC3)nc3c2cnn3C(C)C)C1.Cl.Cl. The standard InChI is InChI=1S/C19H27N5O.2ClH/c1-12(2)24-18-16(10-21-24)15(9-17(22-18)13-6-7-13)19(25)23-8-4-5-14(11-23)20-3;;/h9-10,12-14,20H,4-8,11H2,1-3H3;2*1H. The summed E-state index contributed by atoms with van der Waals surface area (Å²) in [5.74, 6) is 0.635. The summed E-state index contributed by atoms with van der Waals surface area (Å²) < 4.78 is 1.94. The molecule has 0 spiro atoms. The number of halogens is 2. The molecule has 0 radical (unpaired) electrons. The van der Waals surface area contributed by atoms with E-state index >= 15 is 0 Å². The van der Waals surface area contributed by atoms with Gasteiger partial charge in [0.2, 0.25) is 0 Å². The van der Waals surface area contributed by atoms with Gasteiger partial charge in [-0.1, -0.05) is 0 Å². The van der Waals surface area contributed by atoms with Crippen molar-refractivity contribution in [1.29, 1.82) is 0 Å². The van der Waals surface area contributed by atoms with E-state index in [1.54, 1.807) is 0 Å². The Bertz CT molecular complexity index is 803. The molecular formula is C19H29Cl2N5O. The van der Waals surface area contributed by atoms with Crippen LogP contribution in [-0.4, -0.2) is 51.8 Å². The van der Waals surface area contributed by atoms with Crippen LogP contribution in [-0.2, 0) is 0 Å². The van der Waals surface area contributed by atoms with Crippen molar-refractivity contribution in [3.63, 3.8) is 0 Å². The number of fused-ring (bicyclic) bond motifs is 1. The molecule has 8 heteroatoms. The van der Waals surface area contributed by atoms with Crippen molar-refractivity contribution in [2.24, 2.45) is 0 Å². The minimum absolute atomic E-state index is 0. The molecule has 2 fully saturated rings. The Labute approximate surface area is 172 Å². The minimum atomic E-state index is 0. The van der Waals surface area contributed by atoms with E-state index in [1.165, 1.54) is 12.8 Å². The molecule has 1 amide bonds. The number of carbonyl (C=O) groups excluding carboxylic acids is 1. The lowest BCUT2D eigenvalue weighted by atomic mass is 10.0. The number of likely N-dealkylation sites (N-methyl/N-ethyl adjacent to an activating group) is 1. The Morgan fingerprint density at radius 1 is 1.26 bits per heavy atom. The van der Waals surface area contributed by atoms with Crippen LogP contribution in [0.25, 0.3) is 11.0 Å². The highest BCUT2D eigenvalue weighted by Gasteiger charge is 2.30. The van der Waals surface area contributed by atoms with Crippen LogP contribution in [0.2, 0.25) is 0 Å². The van der Waals surface area contributed by atoms with E-state index in [-0.39, 0.29) is 36.8 Å². The molecule has 1 aliphatic carbocycles. The summed E-state index contributed by atoms with van der Waals surface area (Å²) in [4.78, 5) is 20.1. The van der Waals surface area contributed by atoms with Gasteiger partial charge in [0.15, 0.2) is 5.65 Å². The first kappa shape index (κ1) is 21.9. The zero-order valence-electron chi connectivity index (χ0n) is 16.1. The normalized spacial score (nSPS) is 19.7. The van der Waals surface area contributed by atoms with Crippen molar-refractivity contribution in [2.75, 3.05) is 20.1 Å². The van der Waals surface area contributed by atoms with Crippen LogP contribution in [0.3, 0.4) is 0 Å². The molecule has 27 heavy (non-hydrogen) atoms. The summed E-state index contributed by atoms with van der Waals surface area (Å²) in [5, 5.41) is 8.70. The van der Waals surface area contributed by atoms with Gasteiger partial charge in [-0.25, -0.2) is 9.67 Å². The first-order chi connectivity index (χ1) is 12.1. The van der Waals surface area contributed by atoms with Crippen molar-refractivity contribution in [1.82, 2.24) is 25.0 Å². The van der Waals surface area contributed by atoms with Gasteiger partial charge >= 0.3 is 0 Å². The number of carbonyl (C=O) groups is 1. The monoisotopic (exact) mass is 413 g/mol. The lowest BCUT2D eigenvalue weighted by Crippen LogP contribution is -2.47. The summed E-state index contributed by atoms with van der Waals surface area (Å²) >= 11 is 0. The van der Waals surface area contributed by atoms with Crippen LogP contribution in [0.4, 0.5) is 0 Å².